The van der Waals surface area contributed by atoms with E-state index in [1.54, 1.807) is 12.3 Å². The van der Waals surface area contributed by atoms with Gasteiger partial charge in [0.15, 0.2) is 0 Å². The molecule has 17 heavy (non-hydrogen) atoms. The Morgan fingerprint density at radius 3 is 2.71 bits per heavy atom. The summed E-state index contributed by atoms with van der Waals surface area (Å²) in [7, 11) is -0.888. The molecule has 1 aromatic rings. The van der Waals surface area contributed by atoms with Crippen molar-refractivity contribution in [1.82, 2.24) is 0 Å². The van der Waals surface area contributed by atoms with Crippen molar-refractivity contribution in [3.63, 3.8) is 0 Å². The molecule has 0 aromatic heterocycles. The van der Waals surface area contributed by atoms with Gasteiger partial charge in [-0.25, -0.2) is 0 Å². The van der Waals surface area contributed by atoms with E-state index in [1.165, 1.54) is 12.1 Å². The lowest BCUT2D eigenvalue weighted by Gasteiger charge is -2.12. The van der Waals surface area contributed by atoms with Crippen LogP contribution in [0.4, 0.5) is 11.4 Å². The Balaban J connectivity index is 2.73. The first-order valence-corrected chi connectivity index (χ1v) is 7.33. The summed E-state index contributed by atoms with van der Waals surface area (Å²) in [6.45, 7) is 2.43. The van der Waals surface area contributed by atoms with Crippen molar-refractivity contribution in [1.29, 1.82) is 0 Å². The third kappa shape index (κ3) is 4.08. The summed E-state index contributed by atoms with van der Waals surface area (Å²) < 4.78 is 11.8. The molecule has 0 heterocycles. The normalized spacial score (nSPS) is 14.1. The zero-order chi connectivity index (χ0) is 13.0. The Labute approximate surface area is 110 Å². The Bertz CT molecular complexity index is 453. The fraction of sp³-hybridized carbons (Fsp3) is 0.400. The molecule has 2 atom stereocenters. The number of hydrogen-bond acceptors (Lipinski definition) is 4. The number of hydrogen-bond donors (Lipinski definition) is 1. The van der Waals surface area contributed by atoms with Gasteiger partial charge in [-0.05, 0) is 28.9 Å². The van der Waals surface area contributed by atoms with Crippen LogP contribution in [-0.2, 0) is 10.8 Å². The number of rotatable bonds is 5. The average Bonchev–Trinajstić information content (AvgIpc) is 2.26. The van der Waals surface area contributed by atoms with Gasteiger partial charge in [0, 0.05) is 51.1 Å². The highest BCUT2D eigenvalue weighted by molar-refractivity contribution is 9.10. The Hall–Kier alpha value is -0.950. The molecule has 1 rings (SSSR count). The first kappa shape index (κ1) is 14.1. The number of halogens is 1. The quantitative estimate of drug-likeness (QED) is 0.668. The van der Waals surface area contributed by atoms with Crippen LogP contribution in [0.3, 0.4) is 0 Å². The number of nitrogens with zero attached hydrogens (tertiary/aromatic N) is 1. The van der Waals surface area contributed by atoms with E-state index in [1.807, 2.05) is 6.92 Å². The summed E-state index contributed by atoms with van der Waals surface area (Å²) in [4.78, 5) is 10.1. The van der Waals surface area contributed by atoms with E-state index in [9.17, 15) is 14.3 Å². The van der Waals surface area contributed by atoms with Gasteiger partial charge in [0.25, 0.3) is 5.69 Å². The van der Waals surface area contributed by atoms with Crippen molar-refractivity contribution >= 4 is 38.1 Å². The number of nitrogens with one attached hydrogen (secondary N) is 1. The van der Waals surface area contributed by atoms with Crippen molar-refractivity contribution in [3.8, 4) is 0 Å². The summed E-state index contributed by atoms with van der Waals surface area (Å²) in [5.74, 6) is 0. The van der Waals surface area contributed by atoms with Gasteiger partial charge in [-0.15, -0.1) is 0 Å². The summed E-state index contributed by atoms with van der Waals surface area (Å²) in [6, 6.07) is 4.50. The summed E-state index contributed by atoms with van der Waals surface area (Å²) in [6.07, 6.45) is 1.65. The average molecular weight is 321 g/mol. The maximum Gasteiger partial charge on any atom is 0.270 e. The van der Waals surface area contributed by atoms with E-state index >= 15 is 0 Å². The molecule has 7 heteroatoms. The fourth-order valence-corrected chi connectivity index (χ4v) is 1.96. The van der Waals surface area contributed by atoms with Gasteiger partial charge in [0.05, 0.1) is 4.92 Å². The van der Waals surface area contributed by atoms with Crippen LogP contribution < -0.4 is 5.32 Å². The van der Waals surface area contributed by atoms with Gasteiger partial charge in [0.1, 0.15) is 0 Å². The molecule has 0 aliphatic carbocycles. The van der Waals surface area contributed by atoms with Crippen molar-refractivity contribution in [2.24, 2.45) is 0 Å². The molecule has 0 aliphatic rings. The molecule has 1 N–H and O–H groups in total. The molecule has 0 fully saturated rings. The number of nitro benzene ring substituents is 1. The van der Waals surface area contributed by atoms with Crippen LogP contribution in [0.5, 0.6) is 0 Å². The van der Waals surface area contributed by atoms with Crippen molar-refractivity contribution < 1.29 is 9.13 Å². The smallest absolute Gasteiger partial charge is 0.270 e. The predicted octanol–water partition coefficient (Wildman–Crippen LogP) is 2.54. The molecule has 2 unspecified atom stereocenters. The van der Waals surface area contributed by atoms with Gasteiger partial charge >= 0.3 is 0 Å². The first-order valence-electron chi connectivity index (χ1n) is 4.92. The van der Waals surface area contributed by atoms with Crippen LogP contribution in [0.2, 0.25) is 0 Å². The van der Waals surface area contributed by atoms with Crippen LogP contribution in [0.1, 0.15) is 6.92 Å². The minimum atomic E-state index is -0.888. The van der Waals surface area contributed by atoms with E-state index in [-0.39, 0.29) is 10.9 Å². The lowest BCUT2D eigenvalue weighted by atomic mass is 10.3. The summed E-state index contributed by atoms with van der Waals surface area (Å²) in [5, 5.41) is 13.7. The van der Waals surface area contributed by atoms with Gasteiger partial charge in [-0.1, -0.05) is 0 Å². The van der Waals surface area contributed by atoms with Gasteiger partial charge in [0.2, 0.25) is 0 Å². The third-order valence-electron chi connectivity index (χ3n) is 2.31. The van der Waals surface area contributed by atoms with E-state index in [0.29, 0.717) is 11.0 Å². The third-order valence-corrected chi connectivity index (χ3v) is 4.27. The number of anilines is 1. The van der Waals surface area contributed by atoms with E-state index in [4.69, 9.17) is 0 Å². The fourth-order valence-electron chi connectivity index (χ4n) is 1.13. The standard InChI is InChI=1S/C10H13BrN2O3S/c1-7(17(2)16)6-12-10-4-3-8(13(14)15)5-9(10)11/h3-5,7,12H,6H2,1-2H3. The summed E-state index contributed by atoms with van der Waals surface area (Å²) in [5.41, 5.74) is 0.794. The molecule has 1 aromatic carbocycles. The van der Waals surface area contributed by atoms with Gasteiger partial charge < -0.3 is 5.32 Å². The Morgan fingerprint density at radius 2 is 2.24 bits per heavy atom. The maximum atomic E-state index is 11.2. The number of benzene rings is 1. The molecule has 0 spiro atoms. The van der Waals surface area contributed by atoms with Gasteiger partial charge in [-0.2, -0.15) is 0 Å². The lowest BCUT2D eigenvalue weighted by Crippen LogP contribution is -2.20. The minimum absolute atomic E-state index is 0.0251. The molecule has 94 valence electrons. The minimum Gasteiger partial charge on any atom is -0.383 e. The second-order valence-electron chi connectivity index (χ2n) is 3.61. The molecular formula is C10H13BrN2O3S. The monoisotopic (exact) mass is 320 g/mol. The second-order valence-corrected chi connectivity index (χ2v) is 6.27. The van der Waals surface area contributed by atoms with E-state index in [2.05, 4.69) is 21.2 Å². The van der Waals surface area contributed by atoms with Crippen LogP contribution in [0, 0.1) is 10.1 Å². The highest BCUT2D eigenvalue weighted by Gasteiger charge is 2.10. The maximum absolute atomic E-state index is 11.2. The first-order chi connectivity index (χ1) is 7.91. The summed E-state index contributed by atoms with van der Waals surface area (Å²) >= 11 is 3.26. The molecule has 5 nitrogen and oxygen atoms in total. The Kier molecular flexibility index (Phi) is 5.07. The van der Waals surface area contributed by atoms with E-state index < -0.39 is 15.7 Å². The van der Waals surface area contributed by atoms with Crippen molar-refractivity contribution in [3.05, 3.63) is 32.8 Å². The Morgan fingerprint density at radius 1 is 1.59 bits per heavy atom. The lowest BCUT2D eigenvalue weighted by molar-refractivity contribution is -0.384. The SMILES string of the molecule is CC(CNc1ccc([N+](=O)[O-])cc1Br)S(C)=O. The topological polar surface area (TPSA) is 72.2 Å². The molecule has 0 saturated carbocycles. The highest BCUT2D eigenvalue weighted by atomic mass is 79.9. The van der Waals surface area contributed by atoms with Crippen LogP contribution in [0.15, 0.2) is 22.7 Å². The molecule has 0 aliphatic heterocycles. The predicted molar refractivity (Wildman–Crippen MR) is 72.8 cm³/mol. The molecular weight excluding hydrogens is 308 g/mol. The number of nitro groups is 1. The van der Waals surface area contributed by atoms with Crippen molar-refractivity contribution in [2.75, 3.05) is 18.1 Å². The highest BCUT2D eigenvalue weighted by Crippen LogP contribution is 2.27. The van der Waals surface area contributed by atoms with Crippen molar-refractivity contribution in [2.45, 2.75) is 12.2 Å². The second kappa shape index (κ2) is 6.11. The molecule has 0 amide bonds. The zero-order valence-electron chi connectivity index (χ0n) is 9.47. The van der Waals surface area contributed by atoms with Gasteiger partial charge in [-0.3, -0.25) is 14.3 Å². The van der Waals surface area contributed by atoms with Crippen LogP contribution in [0.25, 0.3) is 0 Å². The van der Waals surface area contributed by atoms with E-state index in [0.717, 1.165) is 5.69 Å². The molecule has 0 radical (unpaired) electrons. The molecule has 0 saturated heterocycles. The largest absolute Gasteiger partial charge is 0.383 e. The molecule has 0 bridgehead atoms. The zero-order valence-corrected chi connectivity index (χ0v) is 11.9. The van der Waals surface area contributed by atoms with Crippen LogP contribution in [-0.4, -0.2) is 27.2 Å². The van der Waals surface area contributed by atoms with Crippen LogP contribution >= 0.6 is 15.9 Å². The number of non-ortho nitro benzene ring substituents is 1.